The largest absolute Gasteiger partial charge is 0.512 e. The summed E-state index contributed by atoms with van der Waals surface area (Å²) >= 11 is 0. The van der Waals surface area contributed by atoms with E-state index in [2.05, 4.69) is 32.4 Å². The molecule has 0 spiro atoms. The molecule has 0 unspecified atom stereocenters. The number of aliphatic hydroxyl groups excluding tert-OH is 1. The monoisotopic (exact) mass is 488 g/mol. The third-order valence-corrected chi connectivity index (χ3v) is 7.24. The van der Waals surface area contributed by atoms with E-state index in [1.54, 1.807) is 12.1 Å². The maximum atomic E-state index is 14.7. The molecule has 1 saturated carbocycles. The standard InChI is InChI=1S/C27H29FN6O2/c1-16-23(14-30-26-25(16)29-8-10-36-26)34-9-7-19-13-31-27(33-22(19)15-34)32-20-6-5-18(21(28)12-20)11-24(35)17-3-2-4-17/h5-6,12-14,29,35H,2-4,7-11,15H2,1H3,(H,31,32,33). The van der Waals surface area contributed by atoms with E-state index >= 15 is 0 Å². The molecule has 2 aromatic heterocycles. The summed E-state index contributed by atoms with van der Waals surface area (Å²) in [4.78, 5) is 16.0. The van der Waals surface area contributed by atoms with Crippen LogP contribution in [0, 0.1) is 12.7 Å². The molecule has 3 aromatic rings. The number of anilines is 4. The normalized spacial score (nSPS) is 16.3. The van der Waals surface area contributed by atoms with Gasteiger partial charge in [-0.15, -0.1) is 0 Å². The van der Waals surface area contributed by atoms with Gasteiger partial charge in [-0.1, -0.05) is 6.07 Å². The first-order chi connectivity index (χ1) is 17.5. The minimum absolute atomic E-state index is 0.227. The highest BCUT2D eigenvalue weighted by molar-refractivity contribution is 5.70. The third-order valence-electron chi connectivity index (χ3n) is 7.24. The van der Waals surface area contributed by atoms with Crippen LogP contribution in [-0.2, 0) is 19.4 Å². The zero-order valence-corrected chi connectivity index (χ0v) is 20.3. The van der Waals surface area contributed by atoms with Gasteiger partial charge in [0, 0.05) is 37.0 Å². The minimum atomic E-state index is -0.358. The highest BCUT2D eigenvalue weighted by atomic mass is 19.1. The molecule has 186 valence electrons. The van der Waals surface area contributed by atoms with Crippen LogP contribution in [0.4, 0.5) is 27.4 Å². The maximum Gasteiger partial charge on any atom is 0.237 e. The average Bonchev–Trinajstić information content (AvgIpc) is 2.85. The molecule has 3 N–H and O–H groups in total. The number of benzene rings is 1. The van der Waals surface area contributed by atoms with Gasteiger partial charge in [0.1, 0.15) is 18.1 Å². The number of pyridine rings is 1. The maximum absolute atomic E-state index is 14.7. The van der Waals surface area contributed by atoms with Crippen LogP contribution >= 0.6 is 0 Å². The van der Waals surface area contributed by atoms with Gasteiger partial charge >= 0.3 is 0 Å². The Morgan fingerprint density at radius 3 is 2.92 bits per heavy atom. The first kappa shape index (κ1) is 22.6. The SMILES string of the molecule is Cc1c(N2CCc3cnc(Nc4ccc(CC(O)=C5CCC5)c(F)c4)nc3C2)cnc2c1NCCO2. The first-order valence-corrected chi connectivity index (χ1v) is 12.5. The number of hydrogen-bond acceptors (Lipinski definition) is 8. The van der Waals surface area contributed by atoms with Crippen LogP contribution in [0.15, 0.2) is 41.9 Å². The van der Waals surface area contributed by atoms with Crippen molar-refractivity contribution in [3.63, 3.8) is 0 Å². The molecule has 0 bridgehead atoms. The van der Waals surface area contributed by atoms with Gasteiger partial charge in [-0.25, -0.2) is 19.3 Å². The molecule has 2 aliphatic heterocycles. The number of aromatic nitrogens is 3. The van der Waals surface area contributed by atoms with Crippen molar-refractivity contribution in [2.45, 2.75) is 45.6 Å². The number of halogens is 1. The topological polar surface area (TPSA) is 95.4 Å². The lowest BCUT2D eigenvalue weighted by atomic mass is 9.89. The summed E-state index contributed by atoms with van der Waals surface area (Å²) in [6.07, 6.45) is 7.70. The summed E-state index contributed by atoms with van der Waals surface area (Å²) in [5.41, 5.74) is 7.27. The molecule has 0 saturated heterocycles. The number of aliphatic hydroxyl groups is 1. The van der Waals surface area contributed by atoms with Gasteiger partial charge in [-0.2, -0.15) is 0 Å². The van der Waals surface area contributed by atoms with Crippen molar-refractivity contribution in [1.82, 2.24) is 15.0 Å². The van der Waals surface area contributed by atoms with E-state index in [1.807, 2.05) is 12.4 Å². The number of hydrogen-bond donors (Lipinski definition) is 3. The summed E-state index contributed by atoms with van der Waals surface area (Å²) < 4.78 is 20.4. The van der Waals surface area contributed by atoms with Crippen LogP contribution in [0.2, 0.25) is 0 Å². The number of fused-ring (bicyclic) bond motifs is 2. The lowest BCUT2D eigenvalue weighted by Gasteiger charge is -2.32. The van der Waals surface area contributed by atoms with E-state index in [1.165, 1.54) is 6.07 Å². The van der Waals surface area contributed by atoms with Crippen molar-refractivity contribution in [3.8, 4) is 5.88 Å². The highest BCUT2D eigenvalue weighted by Crippen LogP contribution is 2.36. The van der Waals surface area contributed by atoms with E-state index in [9.17, 15) is 9.50 Å². The summed E-state index contributed by atoms with van der Waals surface area (Å²) in [6, 6.07) is 4.93. The third kappa shape index (κ3) is 4.29. The van der Waals surface area contributed by atoms with Crippen molar-refractivity contribution in [3.05, 3.63) is 70.1 Å². The second-order valence-corrected chi connectivity index (χ2v) is 9.57. The van der Waals surface area contributed by atoms with Gasteiger partial charge < -0.3 is 25.4 Å². The average molecular weight is 489 g/mol. The zero-order chi connectivity index (χ0) is 24.6. The van der Waals surface area contributed by atoms with Crippen molar-refractivity contribution in [2.24, 2.45) is 0 Å². The lowest BCUT2D eigenvalue weighted by molar-refractivity contribution is 0.310. The number of allylic oxidation sites excluding steroid dienone is 2. The summed E-state index contributed by atoms with van der Waals surface area (Å²) in [5.74, 6) is 1.03. The Hall–Kier alpha value is -3.88. The molecule has 1 fully saturated rings. The van der Waals surface area contributed by atoms with Gasteiger partial charge in [0.05, 0.1) is 29.9 Å². The van der Waals surface area contributed by atoms with Gasteiger partial charge in [-0.05, 0) is 61.4 Å². The molecular weight excluding hydrogens is 459 g/mol. The van der Waals surface area contributed by atoms with Gasteiger partial charge in [0.2, 0.25) is 11.8 Å². The summed E-state index contributed by atoms with van der Waals surface area (Å²) in [5, 5.41) is 16.7. The van der Waals surface area contributed by atoms with Gasteiger partial charge in [0.25, 0.3) is 0 Å². The van der Waals surface area contributed by atoms with E-state index < -0.39 is 0 Å². The van der Waals surface area contributed by atoms with Crippen molar-refractivity contribution < 1.29 is 14.2 Å². The smallest absolute Gasteiger partial charge is 0.237 e. The zero-order valence-electron chi connectivity index (χ0n) is 20.3. The molecule has 1 aliphatic carbocycles. The molecule has 0 atom stereocenters. The Morgan fingerprint density at radius 1 is 1.22 bits per heavy atom. The summed E-state index contributed by atoms with van der Waals surface area (Å²) in [7, 11) is 0. The van der Waals surface area contributed by atoms with E-state index in [0.29, 0.717) is 42.0 Å². The molecule has 4 heterocycles. The van der Waals surface area contributed by atoms with Gasteiger partial charge in [0.15, 0.2) is 0 Å². The Kier molecular flexibility index (Phi) is 5.83. The molecule has 36 heavy (non-hydrogen) atoms. The van der Waals surface area contributed by atoms with Crippen LogP contribution < -0.4 is 20.3 Å². The van der Waals surface area contributed by atoms with E-state index in [-0.39, 0.29) is 12.2 Å². The number of nitrogens with zero attached hydrogens (tertiary/aromatic N) is 4. The highest BCUT2D eigenvalue weighted by Gasteiger charge is 2.24. The minimum Gasteiger partial charge on any atom is -0.512 e. The molecule has 0 amide bonds. The van der Waals surface area contributed by atoms with Crippen LogP contribution in [0.3, 0.4) is 0 Å². The molecule has 6 rings (SSSR count). The van der Waals surface area contributed by atoms with Crippen LogP contribution in [-0.4, -0.2) is 39.8 Å². The molecular formula is C27H29FN6O2. The van der Waals surface area contributed by atoms with Crippen molar-refractivity contribution >= 4 is 23.0 Å². The molecule has 3 aliphatic rings. The Labute approximate surface area is 209 Å². The molecule has 0 radical (unpaired) electrons. The lowest BCUT2D eigenvalue weighted by Crippen LogP contribution is -2.32. The van der Waals surface area contributed by atoms with Crippen molar-refractivity contribution in [2.75, 3.05) is 35.2 Å². The van der Waals surface area contributed by atoms with E-state index in [0.717, 1.165) is 72.5 Å². The number of ether oxygens (including phenoxy) is 1. The molecule has 1 aromatic carbocycles. The van der Waals surface area contributed by atoms with Crippen LogP contribution in [0.25, 0.3) is 0 Å². The predicted molar refractivity (Wildman–Crippen MR) is 137 cm³/mol. The predicted octanol–water partition coefficient (Wildman–Crippen LogP) is 4.97. The van der Waals surface area contributed by atoms with Crippen molar-refractivity contribution in [1.29, 1.82) is 0 Å². The Bertz CT molecular complexity index is 1350. The fourth-order valence-electron chi connectivity index (χ4n) is 4.94. The number of nitrogens with one attached hydrogen (secondary N) is 2. The molecule has 8 nitrogen and oxygen atoms in total. The fourth-order valence-corrected chi connectivity index (χ4v) is 4.94. The second-order valence-electron chi connectivity index (χ2n) is 9.57. The summed E-state index contributed by atoms with van der Waals surface area (Å²) in [6.45, 7) is 4.96. The van der Waals surface area contributed by atoms with Crippen LogP contribution in [0.1, 0.15) is 41.6 Å². The Balaban J connectivity index is 1.18. The second kappa shape index (κ2) is 9.29. The van der Waals surface area contributed by atoms with Crippen LogP contribution in [0.5, 0.6) is 5.88 Å². The van der Waals surface area contributed by atoms with E-state index in [4.69, 9.17) is 9.72 Å². The van der Waals surface area contributed by atoms with Gasteiger partial charge in [-0.3, -0.25) is 0 Å². The molecule has 9 heteroatoms. The quantitative estimate of drug-likeness (QED) is 0.434. The first-order valence-electron chi connectivity index (χ1n) is 12.5. The Morgan fingerprint density at radius 2 is 2.11 bits per heavy atom. The number of rotatable bonds is 5. The fraction of sp³-hybridized carbons (Fsp3) is 0.370.